The highest BCUT2D eigenvalue weighted by atomic mass is 79.9. The highest BCUT2D eigenvalue weighted by molar-refractivity contribution is 9.10. The van der Waals surface area contributed by atoms with E-state index in [4.69, 9.17) is 0 Å². The first-order valence-corrected chi connectivity index (χ1v) is 6.17. The molecule has 0 N–H and O–H groups in total. The van der Waals surface area contributed by atoms with E-state index in [9.17, 15) is 0 Å². The van der Waals surface area contributed by atoms with Crippen LogP contribution < -0.4 is 0 Å². The summed E-state index contributed by atoms with van der Waals surface area (Å²) >= 11 is 3.28. The predicted octanol–water partition coefficient (Wildman–Crippen LogP) is 3.86. The van der Waals surface area contributed by atoms with Crippen LogP contribution in [0.3, 0.4) is 0 Å². The van der Waals surface area contributed by atoms with Gasteiger partial charge in [0.1, 0.15) is 4.60 Å². The minimum absolute atomic E-state index is 0.763. The molecule has 16 heavy (non-hydrogen) atoms. The molecular weight excluding hydrogens is 264 g/mol. The summed E-state index contributed by atoms with van der Waals surface area (Å²) in [5.41, 5.74) is 3.39. The van der Waals surface area contributed by atoms with E-state index in [1.807, 2.05) is 12.1 Å². The second-order valence-electron chi connectivity index (χ2n) is 3.69. The van der Waals surface area contributed by atoms with Crippen molar-refractivity contribution in [3.8, 4) is 11.3 Å². The molecule has 0 aliphatic heterocycles. The van der Waals surface area contributed by atoms with Crippen LogP contribution in [0.2, 0.25) is 0 Å². The summed E-state index contributed by atoms with van der Waals surface area (Å²) in [4.78, 5) is 0. The topological polar surface area (TPSA) is 25.8 Å². The van der Waals surface area contributed by atoms with Gasteiger partial charge in [-0.15, -0.1) is 10.2 Å². The average molecular weight is 277 g/mol. The molecule has 0 saturated carbocycles. The van der Waals surface area contributed by atoms with Gasteiger partial charge in [-0.1, -0.05) is 37.6 Å². The Morgan fingerprint density at radius 1 is 1.00 bits per heavy atom. The van der Waals surface area contributed by atoms with Crippen molar-refractivity contribution < 1.29 is 0 Å². The second kappa shape index (κ2) is 5.21. The first-order chi connectivity index (χ1) is 7.79. The fraction of sp³-hybridized carbons (Fsp3) is 0.231. The molecule has 0 atom stereocenters. The van der Waals surface area contributed by atoms with Crippen LogP contribution in [-0.2, 0) is 6.42 Å². The van der Waals surface area contributed by atoms with Gasteiger partial charge in [0.2, 0.25) is 0 Å². The molecule has 1 aromatic carbocycles. The Morgan fingerprint density at radius 2 is 1.75 bits per heavy atom. The number of halogens is 1. The third-order valence-corrected chi connectivity index (χ3v) is 2.84. The monoisotopic (exact) mass is 276 g/mol. The number of rotatable bonds is 3. The van der Waals surface area contributed by atoms with Crippen LogP contribution in [0.5, 0.6) is 0 Å². The first-order valence-electron chi connectivity index (χ1n) is 5.38. The van der Waals surface area contributed by atoms with Gasteiger partial charge in [0.15, 0.2) is 0 Å². The molecule has 82 valence electrons. The Bertz CT molecular complexity index is 448. The molecule has 0 bridgehead atoms. The van der Waals surface area contributed by atoms with Crippen molar-refractivity contribution in [2.75, 3.05) is 0 Å². The van der Waals surface area contributed by atoms with Gasteiger partial charge in [-0.05, 0) is 40.0 Å². The maximum Gasteiger partial charge on any atom is 0.128 e. The summed E-state index contributed by atoms with van der Waals surface area (Å²) in [5, 5.41) is 8.11. The average Bonchev–Trinajstić information content (AvgIpc) is 2.32. The van der Waals surface area contributed by atoms with E-state index in [0.29, 0.717) is 0 Å². The molecule has 2 rings (SSSR count). The second-order valence-corrected chi connectivity index (χ2v) is 4.50. The van der Waals surface area contributed by atoms with E-state index in [2.05, 4.69) is 57.3 Å². The molecule has 0 saturated heterocycles. The van der Waals surface area contributed by atoms with Crippen LogP contribution >= 0.6 is 15.9 Å². The molecular formula is C13H13BrN2. The third kappa shape index (κ3) is 2.67. The van der Waals surface area contributed by atoms with E-state index in [0.717, 1.165) is 22.3 Å². The minimum atomic E-state index is 0.763. The molecule has 0 spiro atoms. The number of hydrogen-bond acceptors (Lipinski definition) is 2. The number of hydrogen-bond donors (Lipinski definition) is 0. The molecule has 1 heterocycles. The van der Waals surface area contributed by atoms with Gasteiger partial charge in [-0.3, -0.25) is 0 Å². The fourth-order valence-corrected chi connectivity index (χ4v) is 1.81. The maximum atomic E-state index is 4.13. The zero-order valence-corrected chi connectivity index (χ0v) is 10.7. The van der Waals surface area contributed by atoms with Gasteiger partial charge in [-0.2, -0.15) is 0 Å². The SMILES string of the molecule is CCCc1ccc(-c2ccc(Br)nn2)cc1. The molecule has 0 amide bonds. The normalized spacial score (nSPS) is 10.4. The van der Waals surface area contributed by atoms with Crippen LogP contribution in [0.4, 0.5) is 0 Å². The van der Waals surface area contributed by atoms with E-state index in [1.54, 1.807) is 0 Å². The molecule has 0 radical (unpaired) electrons. The van der Waals surface area contributed by atoms with E-state index < -0.39 is 0 Å². The Balaban J connectivity index is 2.24. The summed E-state index contributed by atoms with van der Waals surface area (Å²) in [5.74, 6) is 0. The smallest absolute Gasteiger partial charge is 0.128 e. The van der Waals surface area contributed by atoms with Gasteiger partial charge in [0, 0.05) is 5.56 Å². The molecule has 0 aliphatic rings. The quantitative estimate of drug-likeness (QED) is 0.851. The molecule has 0 fully saturated rings. The largest absolute Gasteiger partial charge is 0.149 e. The van der Waals surface area contributed by atoms with Crippen molar-refractivity contribution in [2.45, 2.75) is 19.8 Å². The summed E-state index contributed by atoms with van der Waals surface area (Å²) in [6, 6.07) is 12.4. The lowest BCUT2D eigenvalue weighted by atomic mass is 10.1. The molecule has 3 heteroatoms. The van der Waals surface area contributed by atoms with Gasteiger partial charge < -0.3 is 0 Å². The Morgan fingerprint density at radius 3 is 2.31 bits per heavy atom. The van der Waals surface area contributed by atoms with E-state index >= 15 is 0 Å². The van der Waals surface area contributed by atoms with Gasteiger partial charge in [0.05, 0.1) is 5.69 Å². The van der Waals surface area contributed by atoms with Gasteiger partial charge in [-0.25, -0.2) is 0 Å². The lowest BCUT2D eigenvalue weighted by molar-refractivity contribution is 0.922. The Labute approximate surface area is 104 Å². The van der Waals surface area contributed by atoms with Gasteiger partial charge in [0.25, 0.3) is 0 Å². The Kier molecular flexibility index (Phi) is 3.67. The molecule has 0 aliphatic carbocycles. The van der Waals surface area contributed by atoms with Crippen LogP contribution in [-0.4, -0.2) is 10.2 Å². The maximum absolute atomic E-state index is 4.13. The third-order valence-electron chi connectivity index (χ3n) is 2.42. The minimum Gasteiger partial charge on any atom is -0.149 e. The van der Waals surface area contributed by atoms with Crippen molar-refractivity contribution >= 4 is 15.9 Å². The predicted molar refractivity (Wildman–Crippen MR) is 69.2 cm³/mol. The summed E-state index contributed by atoms with van der Waals surface area (Å²) < 4.78 is 0.763. The lowest BCUT2D eigenvalue weighted by Crippen LogP contribution is -1.88. The van der Waals surface area contributed by atoms with E-state index in [-0.39, 0.29) is 0 Å². The number of benzene rings is 1. The van der Waals surface area contributed by atoms with E-state index in [1.165, 1.54) is 12.0 Å². The summed E-state index contributed by atoms with van der Waals surface area (Å²) in [7, 11) is 0. The first kappa shape index (κ1) is 11.3. The van der Waals surface area contributed by atoms with Gasteiger partial charge >= 0.3 is 0 Å². The number of nitrogens with zero attached hydrogens (tertiary/aromatic N) is 2. The standard InChI is InChI=1S/C13H13BrN2/c1-2-3-10-4-6-11(7-5-10)12-8-9-13(14)16-15-12/h4-9H,2-3H2,1H3. The summed E-state index contributed by atoms with van der Waals surface area (Å²) in [6.45, 7) is 2.19. The molecule has 2 nitrogen and oxygen atoms in total. The highest BCUT2D eigenvalue weighted by Crippen LogP contribution is 2.18. The lowest BCUT2D eigenvalue weighted by Gasteiger charge is -2.02. The summed E-state index contributed by atoms with van der Waals surface area (Å²) in [6.07, 6.45) is 2.31. The fourth-order valence-electron chi connectivity index (χ4n) is 1.60. The van der Waals surface area contributed by atoms with Crippen molar-refractivity contribution in [3.63, 3.8) is 0 Å². The van der Waals surface area contributed by atoms with Crippen molar-refractivity contribution in [1.82, 2.24) is 10.2 Å². The number of aromatic nitrogens is 2. The zero-order valence-electron chi connectivity index (χ0n) is 9.15. The molecule has 1 aromatic heterocycles. The van der Waals surface area contributed by atoms with Crippen LogP contribution in [0.25, 0.3) is 11.3 Å². The van der Waals surface area contributed by atoms with Crippen LogP contribution in [0.1, 0.15) is 18.9 Å². The highest BCUT2D eigenvalue weighted by Gasteiger charge is 2.00. The number of aryl methyl sites for hydroxylation is 1. The molecule has 2 aromatic rings. The van der Waals surface area contributed by atoms with Crippen LogP contribution in [0.15, 0.2) is 41.0 Å². The zero-order chi connectivity index (χ0) is 11.4. The molecule has 0 unspecified atom stereocenters. The van der Waals surface area contributed by atoms with Crippen LogP contribution in [0, 0.1) is 0 Å². The van der Waals surface area contributed by atoms with Crippen molar-refractivity contribution in [1.29, 1.82) is 0 Å². The van der Waals surface area contributed by atoms with Crippen molar-refractivity contribution in [3.05, 3.63) is 46.6 Å². The van der Waals surface area contributed by atoms with Crippen molar-refractivity contribution in [2.24, 2.45) is 0 Å². The Hall–Kier alpha value is -1.22.